The van der Waals surface area contributed by atoms with Crippen molar-refractivity contribution in [3.63, 3.8) is 0 Å². The first-order valence-electron chi connectivity index (χ1n) is 7.33. The lowest BCUT2D eigenvalue weighted by atomic mass is 10.1. The highest BCUT2D eigenvalue weighted by Crippen LogP contribution is 2.36. The molecule has 4 rings (SSSR count). The molecule has 7 heteroatoms. The van der Waals surface area contributed by atoms with Gasteiger partial charge in [-0.3, -0.25) is 5.10 Å². The second-order valence-electron chi connectivity index (χ2n) is 5.32. The van der Waals surface area contributed by atoms with Gasteiger partial charge in [0.05, 0.1) is 11.9 Å². The maximum atomic E-state index is 5.44. The third-order valence-electron chi connectivity index (χ3n) is 3.64. The molecule has 2 aromatic heterocycles. The van der Waals surface area contributed by atoms with Crippen LogP contribution in [0.25, 0.3) is 11.3 Å². The van der Waals surface area contributed by atoms with Crippen LogP contribution in [-0.2, 0) is 13.1 Å². The monoisotopic (exact) mass is 328 g/mol. The number of aromatic nitrogens is 3. The first-order chi connectivity index (χ1) is 11.3. The summed E-state index contributed by atoms with van der Waals surface area (Å²) in [7, 11) is 0. The smallest absolute Gasteiger partial charge is 0.231 e. The van der Waals surface area contributed by atoms with Gasteiger partial charge in [-0.25, -0.2) is 4.98 Å². The lowest BCUT2D eigenvalue weighted by molar-refractivity contribution is 0.174. The van der Waals surface area contributed by atoms with Crippen LogP contribution in [0.15, 0.2) is 29.8 Å². The van der Waals surface area contributed by atoms with Crippen LogP contribution < -0.4 is 14.8 Å². The SMILES string of the molecule is Cc1csc(CNCc2cn[nH]c2-c2ccc3c(c2)OCO3)n1. The van der Waals surface area contributed by atoms with Gasteiger partial charge in [-0.1, -0.05) is 0 Å². The molecule has 0 spiro atoms. The van der Waals surface area contributed by atoms with E-state index in [4.69, 9.17) is 9.47 Å². The molecule has 0 saturated carbocycles. The Morgan fingerprint density at radius 2 is 2.17 bits per heavy atom. The van der Waals surface area contributed by atoms with Crippen molar-refractivity contribution in [2.45, 2.75) is 20.0 Å². The molecule has 0 atom stereocenters. The Balaban J connectivity index is 1.47. The van der Waals surface area contributed by atoms with Crippen molar-refractivity contribution >= 4 is 11.3 Å². The van der Waals surface area contributed by atoms with Gasteiger partial charge >= 0.3 is 0 Å². The number of nitrogens with one attached hydrogen (secondary N) is 2. The van der Waals surface area contributed by atoms with E-state index in [-0.39, 0.29) is 6.79 Å². The fourth-order valence-corrected chi connectivity index (χ4v) is 3.28. The number of nitrogens with zero attached hydrogens (tertiary/aromatic N) is 2. The quantitative estimate of drug-likeness (QED) is 0.753. The standard InChI is InChI=1S/C16H16N4O2S/c1-10-8-23-15(19-10)7-17-5-12-6-18-20-16(12)11-2-3-13-14(4-11)22-9-21-13/h2-4,6,8,17H,5,7,9H2,1H3,(H,18,20). The normalized spacial score (nSPS) is 12.7. The maximum Gasteiger partial charge on any atom is 0.231 e. The Bertz CT molecular complexity index is 827. The Labute approximate surface area is 137 Å². The minimum Gasteiger partial charge on any atom is -0.454 e. The Hall–Kier alpha value is -2.38. The van der Waals surface area contributed by atoms with Crippen molar-refractivity contribution in [2.75, 3.05) is 6.79 Å². The van der Waals surface area contributed by atoms with E-state index < -0.39 is 0 Å². The third-order valence-corrected chi connectivity index (χ3v) is 4.60. The largest absolute Gasteiger partial charge is 0.454 e. The van der Waals surface area contributed by atoms with E-state index in [2.05, 4.69) is 25.9 Å². The molecule has 0 unspecified atom stereocenters. The Morgan fingerprint density at radius 1 is 1.26 bits per heavy atom. The first kappa shape index (κ1) is 14.2. The lowest BCUT2D eigenvalue weighted by Gasteiger charge is -2.05. The summed E-state index contributed by atoms with van der Waals surface area (Å²) in [6.07, 6.45) is 1.85. The molecule has 0 saturated heterocycles. The van der Waals surface area contributed by atoms with Crippen molar-refractivity contribution in [3.05, 3.63) is 46.0 Å². The van der Waals surface area contributed by atoms with Crippen LogP contribution in [0.4, 0.5) is 0 Å². The number of aryl methyl sites for hydroxylation is 1. The maximum absolute atomic E-state index is 5.44. The van der Waals surface area contributed by atoms with Crippen molar-refractivity contribution in [1.82, 2.24) is 20.5 Å². The number of hydrogen-bond donors (Lipinski definition) is 2. The molecule has 0 radical (unpaired) electrons. The van der Waals surface area contributed by atoms with E-state index in [1.54, 1.807) is 11.3 Å². The minimum absolute atomic E-state index is 0.281. The van der Waals surface area contributed by atoms with Crippen LogP contribution in [0, 0.1) is 6.92 Å². The summed E-state index contributed by atoms with van der Waals surface area (Å²) >= 11 is 1.67. The van der Waals surface area contributed by atoms with Crippen molar-refractivity contribution in [3.8, 4) is 22.8 Å². The van der Waals surface area contributed by atoms with Gasteiger partial charge in [0.2, 0.25) is 6.79 Å². The van der Waals surface area contributed by atoms with E-state index in [1.165, 1.54) is 0 Å². The van der Waals surface area contributed by atoms with Gasteiger partial charge in [0.1, 0.15) is 5.01 Å². The van der Waals surface area contributed by atoms with E-state index >= 15 is 0 Å². The number of fused-ring (bicyclic) bond motifs is 1. The Kier molecular flexibility index (Phi) is 3.72. The zero-order chi connectivity index (χ0) is 15.6. The predicted octanol–water partition coefficient (Wildman–Crippen LogP) is 2.86. The van der Waals surface area contributed by atoms with Crippen LogP contribution in [0.3, 0.4) is 0 Å². The molecule has 1 aliphatic rings. The molecule has 1 aliphatic heterocycles. The summed E-state index contributed by atoms with van der Waals surface area (Å²) in [5, 5.41) is 13.8. The first-order valence-corrected chi connectivity index (χ1v) is 8.21. The summed E-state index contributed by atoms with van der Waals surface area (Å²) in [6, 6.07) is 5.91. The van der Waals surface area contributed by atoms with Crippen LogP contribution in [0.2, 0.25) is 0 Å². The van der Waals surface area contributed by atoms with E-state index in [1.807, 2.05) is 31.3 Å². The molecule has 0 bridgehead atoms. The van der Waals surface area contributed by atoms with Crippen molar-refractivity contribution in [2.24, 2.45) is 0 Å². The zero-order valence-electron chi connectivity index (χ0n) is 12.6. The average Bonchev–Trinajstić information content (AvgIpc) is 3.27. The second-order valence-corrected chi connectivity index (χ2v) is 6.27. The number of hydrogen-bond acceptors (Lipinski definition) is 6. The topological polar surface area (TPSA) is 72.1 Å². The van der Waals surface area contributed by atoms with Crippen LogP contribution >= 0.6 is 11.3 Å². The number of H-pyrrole nitrogens is 1. The van der Waals surface area contributed by atoms with E-state index in [9.17, 15) is 0 Å². The number of ether oxygens (including phenoxy) is 2. The molecule has 3 heterocycles. The average molecular weight is 328 g/mol. The summed E-state index contributed by atoms with van der Waals surface area (Å²) in [4.78, 5) is 4.45. The molecular formula is C16H16N4O2S. The van der Waals surface area contributed by atoms with Gasteiger partial charge in [0.25, 0.3) is 0 Å². The molecule has 23 heavy (non-hydrogen) atoms. The third kappa shape index (κ3) is 2.93. The van der Waals surface area contributed by atoms with Crippen molar-refractivity contribution in [1.29, 1.82) is 0 Å². The second kappa shape index (κ2) is 6.02. The molecule has 3 aromatic rings. The number of rotatable bonds is 5. The van der Waals surface area contributed by atoms with E-state index in [0.29, 0.717) is 0 Å². The van der Waals surface area contributed by atoms with Crippen molar-refractivity contribution < 1.29 is 9.47 Å². The molecule has 0 amide bonds. The van der Waals surface area contributed by atoms with Crippen LogP contribution in [0.5, 0.6) is 11.5 Å². The van der Waals surface area contributed by atoms with Gasteiger partial charge in [0.15, 0.2) is 11.5 Å². The number of benzene rings is 1. The van der Waals surface area contributed by atoms with Gasteiger partial charge in [-0.15, -0.1) is 11.3 Å². The molecule has 2 N–H and O–H groups in total. The van der Waals surface area contributed by atoms with Gasteiger partial charge in [-0.05, 0) is 25.1 Å². The highest BCUT2D eigenvalue weighted by Gasteiger charge is 2.16. The zero-order valence-corrected chi connectivity index (χ0v) is 13.4. The highest BCUT2D eigenvalue weighted by atomic mass is 32.1. The van der Waals surface area contributed by atoms with Crippen LogP contribution in [-0.4, -0.2) is 22.0 Å². The highest BCUT2D eigenvalue weighted by molar-refractivity contribution is 7.09. The molecule has 0 aliphatic carbocycles. The van der Waals surface area contributed by atoms with Crippen LogP contribution in [0.1, 0.15) is 16.3 Å². The number of thiazole rings is 1. The lowest BCUT2D eigenvalue weighted by Crippen LogP contribution is -2.12. The predicted molar refractivity (Wildman–Crippen MR) is 87.5 cm³/mol. The van der Waals surface area contributed by atoms with Gasteiger partial charge < -0.3 is 14.8 Å². The molecule has 6 nitrogen and oxygen atoms in total. The van der Waals surface area contributed by atoms with E-state index in [0.717, 1.165) is 52.1 Å². The molecular weight excluding hydrogens is 312 g/mol. The summed E-state index contributed by atoms with van der Waals surface area (Å²) in [5.41, 5.74) is 4.20. The Morgan fingerprint density at radius 3 is 3.04 bits per heavy atom. The fraction of sp³-hybridized carbons (Fsp3) is 0.250. The summed E-state index contributed by atoms with van der Waals surface area (Å²) in [6.45, 7) is 3.76. The molecule has 0 fully saturated rings. The number of aromatic amines is 1. The minimum atomic E-state index is 0.281. The molecule has 1 aromatic carbocycles. The summed E-state index contributed by atoms with van der Waals surface area (Å²) in [5.74, 6) is 1.56. The molecule has 118 valence electrons. The van der Waals surface area contributed by atoms with Gasteiger partial charge in [-0.2, -0.15) is 5.10 Å². The van der Waals surface area contributed by atoms with Gasteiger partial charge in [0, 0.05) is 35.3 Å². The fourth-order valence-electron chi connectivity index (χ4n) is 2.54. The summed E-state index contributed by atoms with van der Waals surface area (Å²) < 4.78 is 10.8.